The molecule has 0 amide bonds. The number of hydrogen-bond acceptors (Lipinski definition) is 5. The minimum absolute atomic E-state index is 0.327. The van der Waals surface area contributed by atoms with Gasteiger partial charge < -0.3 is 14.8 Å². The van der Waals surface area contributed by atoms with Crippen molar-refractivity contribution in [3.05, 3.63) is 77.5 Å². The van der Waals surface area contributed by atoms with Gasteiger partial charge in [-0.3, -0.25) is 0 Å². The molecule has 2 aromatic carbocycles. The first-order valence-electron chi connectivity index (χ1n) is 9.25. The summed E-state index contributed by atoms with van der Waals surface area (Å²) in [7, 11) is 3.20. The second-order valence-corrected chi connectivity index (χ2v) is 6.81. The van der Waals surface area contributed by atoms with Crippen LogP contribution in [0.1, 0.15) is 41.8 Å². The Morgan fingerprint density at radius 1 is 1.07 bits per heavy atom. The lowest BCUT2D eigenvalue weighted by Crippen LogP contribution is -2.15. The summed E-state index contributed by atoms with van der Waals surface area (Å²) < 4.78 is 25.0. The molecule has 1 aliphatic carbocycles. The zero-order chi connectivity index (χ0) is 19.5. The zero-order valence-corrected chi connectivity index (χ0v) is 15.9. The molecule has 0 radical (unpaired) electrons. The van der Waals surface area contributed by atoms with Gasteiger partial charge in [0.2, 0.25) is 0 Å². The van der Waals surface area contributed by atoms with Crippen molar-refractivity contribution in [3.63, 3.8) is 0 Å². The van der Waals surface area contributed by atoms with Gasteiger partial charge in [0.25, 0.3) is 0 Å². The van der Waals surface area contributed by atoms with E-state index in [0.717, 1.165) is 30.0 Å². The number of rotatable bonds is 7. The molecule has 1 aliphatic rings. The smallest absolute Gasteiger partial charge is 0.133 e. The number of aromatic nitrogens is 2. The molecule has 5 nitrogen and oxygen atoms in total. The summed E-state index contributed by atoms with van der Waals surface area (Å²) >= 11 is 0. The van der Waals surface area contributed by atoms with Crippen LogP contribution in [0.25, 0.3) is 0 Å². The Hall–Kier alpha value is -3.15. The molecule has 0 bridgehead atoms. The molecule has 1 atom stereocenters. The van der Waals surface area contributed by atoms with Crippen LogP contribution in [0.3, 0.4) is 0 Å². The largest absolute Gasteiger partial charge is 0.497 e. The van der Waals surface area contributed by atoms with Gasteiger partial charge in [-0.2, -0.15) is 0 Å². The topological polar surface area (TPSA) is 56.3 Å². The van der Waals surface area contributed by atoms with Crippen LogP contribution >= 0.6 is 0 Å². The molecule has 0 aliphatic heterocycles. The van der Waals surface area contributed by atoms with E-state index in [2.05, 4.69) is 15.3 Å². The van der Waals surface area contributed by atoms with E-state index < -0.39 is 0 Å². The Morgan fingerprint density at radius 3 is 2.68 bits per heavy atom. The summed E-state index contributed by atoms with van der Waals surface area (Å²) in [6, 6.07) is 13.6. The van der Waals surface area contributed by atoms with Gasteiger partial charge in [-0.1, -0.05) is 12.1 Å². The van der Waals surface area contributed by atoms with Crippen LogP contribution in [0.2, 0.25) is 0 Å². The number of methoxy groups -OCH3 is 2. The summed E-state index contributed by atoms with van der Waals surface area (Å²) in [6.07, 6.45) is 4.01. The van der Waals surface area contributed by atoms with Gasteiger partial charge in [0.05, 0.1) is 20.3 Å². The van der Waals surface area contributed by atoms with Crippen LogP contribution in [0.4, 0.5) is 10.2 Å². The second-order valence-electron chi connectivity index (χ2n) is 6.81. The van der Waals surface area contributed by atoms with Crippen molar-refractivity contribution in [3.8, 4) is 11.5 Å². The van der Waals surface area contributed by atoms with Gasteiger partial charge >= 0.3 is 0 Å². The quantitative estimate of drug-likeness (QED) is 0.644. The van der Waals surface area contributed by atoms with E-state index in [9.17, 15) is 4.39 Å². The lowest BCUT2D eigenvalue weighted by atomic mass is 9.97. The molecule has 3 aromatic rings. The van der Waals surface area contributed by atoms with Gasteiger partial charge in [0.1, 0.15) is 29.0 Å². The van der Waals surface area contributed by atoms with E-state index in [0.29, 0.717) is 23.0 Å². The predicted octanol–water partition coefficient (Wildman–Crippen LogP) is 4.71. The SMILES string of the molecule is COc1cccc(C(Nc2ccnc(C3CC3)n2)c2cc(F)ccc2OC)c1. The molecule has 1 fully saturated rings. The summed E-state index contributed by atoms with van der Waals surface area (Å²) in [5.41, 5.74) is 1.59. The Bertz CT molecular complexity index is 976. The van der Waals surface area contributed by atoms with Crippen LogP contribution in [-0.2, 0) is 0 Å². The molecule has 1 unspecified atom stereocenters. The Kier molecular flexibility index (Phi) is 5.10. The van der Waals surface area contributed by atoms with Crippen LogP contribution in [0.15, 0.2) is 54.7 Å². The summed E-state index contributed by atoms with van der Waals surface area (Å²) in [4.78, 5) is 9.03. The average molecular weight is 379 g/mol. The zero-order valence-electron chi connectivity index (χ0n) is 15.9. The van der Waals surface area contributed by atoms with Gasteiger partial charge in [0, 0.05) is 17.7 Å². The van der Waals surface area contributed by atoms with E-state index in [-0.39, 0.29) is 11.9 Å². The number of benzene rings is 2. The van der Waals surface area contributed by atoms with E-state index in [1.54, 1.807) is 26.5 Å². The van der Waals surface area contributed by atoms with Gasteiger partial charge in [0.15, 0.2) is 0 Å². The van der Waals surface area contributed by atoms with Crippen molar-refractivity contribution < 1.29 is 13.9 Å². The monoisotopic (exact) mass is 379 g/mol. The average Bonchev–Trinajstić information content (AvgIpc) is 3.58. The van der Waals surface area contributed by atoms with Crippen LogP contribution in [0, 0.1) is 5.82 Å². The molecule has 28 heavy (non-hydrogen) atoms. The number of nitrogens with one attached hydrogen (secondary N) is 1. The van der Waals surface area contributed by atoms with Crippen molar-refractivity contribution in [1.29, 1.82) is 0 Å². The fourth-order valence-corrected chi connectivity index (χ4v) is 3.23. The van der Waals surface area contributed by atoms with Crippen LogP contribution in [0.5, 0.6) is 11.5 Å². The maximum absolute atomic E-state index is 14.1. The van der Waals surface area contributed by atoms with Crippen molar-refractivity contribution in [1.82, 2.24) is 9.97 Å². The van der Waals surface area contributed by atoms with Crippen LogP contribution < -0.4 is 14.8 Å². The molecular weight excluding hydrogens is 357 g/mol. The molecule has 1 heterocycles. The number of anilines is 1. The third kappa shape index (κ3) is 3.91. The van der Waals surface area contributed by atoms with Gasteiger partial charge in [-0.15, -0.1) is 0 Å². The summed E-state index contributed by atoms with van der Waals surface area (Å²) in [5.74, 6) is 2.98. The lowest BCUT2D eigenvalue weighted by molar-refractivity contribution is 0.406. The number of hydrogen-bond donors (Lipinski definition) is 1. The molecule has 0 saturated heterocycles. The third-order valence-electron chi connectivity index (χ3n) is 4.84. The molecular formula is C22H22FN3O2. The highest BCUT2D eigenvalue weighted by Crippen LogP contribution is 2.39. The Balaban J connectivity index is 1.77. The second kappa shape index (κ2) is 7.84. The molecule has 1 N–H and O–H groups in total. The van der Waals surface area contributed by atoms with E-state index in [1.807, 2.05) is 30.3 Å². The normalized spacial score (nSPS) is 14.4. The van der Waals surface area contributed by atoms with Gasteiger partial charge in [-0.25, -0.2) is 14.4 Å². The maximum atomic E-state index is 14.1. The predicted molar refractivity (Wildman–Crippen MR) is 105 cm³/mol. The molecule has 1 saturated carbocycles. The maximum Gasteiger partial charge on any atom is 0.133 e. The summed E-state index contributed by atoms with van der Waals surface area (Å²) in [6.45, 7) is 0. The van der Waals surface area contributed by atoms with Crippen molar-refractivity contribution in [2.45, 2.75) is 24.8 Å². The Labute approximate surface area is 163 Å². The highest BCUT2D eigenvalue weighted by Gasteiger charge is 2.27. The van der Waals surface area contributed by atoms with Crippen molar-refractivity contribution in [2.24, 2.45) is 0 Å². The number of halogens is 1. The fraction of sp³-hybridized carbons (Fsp3) is 0.273. The molecule has 1 aromatic heterocycles. The molecule has 0 spiro atoms. The summed E-state index contributed by atoms with van der Waals surface area (Å²) in [5, 5.41) is 3.43. The number of ether oxygens (including phenoxy) is 2. The first kappa shape index (κ1) is 18.2. The van der Waals surface area contributed by atoms with E-state index >= 15 is 0 Å². The molecule has 4 rings (SSSR count). The van der Waals surface area contributed by atoms with E-state index in [4.69, 9.17) is 9.47 Å². The highest BCUT2D eigenvalue weighted by molar-refractivity contribution is 5.50. The third-order valence-corrected chi connectivity index (χ3v) is 4.84. The van der Waals surface area contributed by atoms with Gasteiger partial charge in [-0.05, 0) is 54.8 Å². The Morgan fingerprint density at radius 2 is 1.93 bits per heavy atom. The lowest BCUT2D eigenvalue weighted by Gasteiger charge is -2.23. The van der Waals surface area contributed by atoms with Crippen molar-refractivity contribution >= 4 is 5.82 Å². The minimum atomic E-state index is -0.372. The first-order chi connectivity index (χ1) is 13.7. The molecule has 6 heteroatoms. The highest BCUT2D eigenvalue weighted by atomic mass is 19.1. The van der Waals surface area contributed by atoms with E-state index in [1.165, 1.54) is 12.1 Å². The number of nitrogens with zero attached hydrogens (tertiary/aromatic N) is 2. The molecule has 144 valence electrons. The minimum Gasteiger partial charge on any atom is -0.497 e. The van der Waals surface area contributed by atoms with Crippen molar-refractivity contribution in [2.75, 3.05) is 19.5 Å². The standard InChI is InChI=1S/C22H22FN3O2/c1-27-17-5-3-4-15(12-17)21(18-13-16(23)8-9-19(18)28-2)25-20-10-11-24-22(26-20)14-6-7-14/h3-5,8-14,21H,6-7H2,1-2H3,(H,24,25,26). The fourth-order valence-electron chi connectivity index (χ4n) is 3.23. The first-order valence-corrected chi connectivity index (χ1v) is 9.25. The van der Waals surface area contributed by atoms with Crippen LogP contribution in [-0.4, -0.2) is 24.2 Å².